The summed E-state index contributed by atoms with van der Waals surface area (Å²) in [5, 5.41) is 3.55. The van der Waals surface area contributed by atoms with E-state index in [1.54, 1.807) is 0 Å². The molecular weight excluding hydrogens is 158 g/mol. The van der Waals surface area contributed by atoms with Crippen molar-refractivity contribution in [2.75, 3.05) is 7.05 Å². The van der Waals surface area contributed by atoms with Crippen molar-refractivity contribution >= 4 is 0 Å². The lowest BCUT2D eigenvalue weighted by Crippen LogP contribution is -2.56. The van der Waals surface area contributed by atoms with E-state index < -0.39 is 0 Å². The van der Waals surface area contributed by atoms with Gasteiger partial charge in [0.15, 0.2) is 0 Å². The van der Waals surface area contributed by atoms with Gasteiger partial charge in [0.25, 0.3) is 0 Å². The number of hydrogen-bond donors (Lipinski definition) is 1. The van der Waals surface area contributed by atoms with Crippen molar-refractivity contribution in [3.63, 3.8) is 0 Å². The summed E-state index contributed by atoms with van der Waals surface area (Å²) < 4.78 is 0. The molecule has 3 aliphatic carbocycles. The van der Waals surface area contributed by atoms with Crippen LogP contribution in [0, 0.1) is 35.0 Å². The summed E-state index contributed by atoms with van der Waals surface area (Å²) in [6.07, 6.45) is 1.52. The van der Waals surface area contributed by atoms with Gasteiger partial charge in [0.1, 0.15) is 0 Å². The second-order valence-corrected chi connectivity index (χ2v) is 5.76. The molecule has 13 heavy (non-hydrogen) atoms. The molecule has 3 fully saturated rings. The van der Waals surface area contributed by atoms with Crippen LogP contribution in [0.25, 0.3) is 0 Å². The molecule has 0 radical (unpaired) electrons. The van der Waals surface area contributed by atoms with Crippen LogP contribution in [-0.2, 0) is 0 Å². The van der Waals surface area contributed by atoms with E-state index in [0.29, 0.717) is 0 Å². The Morgan fingerprint density at radius 3 is 2.38 bits per heavy atom. The zero-order chi connectivity index (χ0) is 9.38. The van der Waals surface area contributed by atoms with Crippen molar-refractivity contribution in [3.05, 3.63) is 0 Å². The van der Waals surface area contributed by atoms with E-state index in [1.807, 2.05) is 0 Å². The van der Waals surface area contributed by atoms with Crippen LogP contribution in [0.2, 0.25) is 0 Å². The molecule has 1 heteroatoms. The van der Waals surface area contributed by atoms with Crippen LogP contribution in [0.5, 0.6) is 0 Å². The number of fused-ring (bicyclic) bond motifs is 2. The summed E-state index contributed by atoms with van der Waals surface area (Å²) in [6.45, 7) is 7.41. The molecule has 3 rings (SSSR count). The van der Waals surface area contributed by atoms with Crippen molar-refractivity contribution in [1.82, 2.24) is 5.32 Å². The van der Waals surface area contributed by atoms with Crippen LogP contribution in [0.4, 0.5) is 0 Å². The average molecular weight is 179 g/mol. The van der Waals surface area contributed by atoms with E-state index in [4.69, 9.17) is 0 Å². The van der Waals surface area contributed by atoms with Gasteiger partial charge in [-0.1, -0.05) is 20.8 Å². The van der Waals surface area contributed by atoms with E-state index in [2.05, 4.69) is 33.1 Å². The van der Waals surface area contributed by atoms with Gasteiger partial charge in [-0.2, -0.15) is 0 Å². The molecule has 1 N–H and O–H groups in total. The highest BCUT2D eigenvalue weighted by Crippen LogP contribution is 2.82. The average Bonchev–Trinajstić information content (AvgIpc) is 2.54. The first kappa shape index (κ1) is 8.28. The molecule has 0 aromatic rings. The van der Waals surface area contributed by atoms with Crippen LogP contribution < -0.4 is 5.32 Å². The minimum atomic E-state index is 0.812. The Morgan fingerprint density at radius 1 is 1.15 bits per heavy atom. The summed E-state index contributed by atoms with van der Waals surface area (Å²) in [6, 6.07) is 0.812. The Morgan fingerprint density at radius 2 is 1.85 bits per heavy atom. The molecule has 1 nitrogen and oxygen atoms in total. The van der Waals surface area contributed by atoms with Gasteiger partial charge in [0, 0.05) is 6.04 Å². The smallest absolute Gasteiger partial charge is 0.0124 e. The van der Waals surface area contributed by atoms with E-state index in [-0.39, 0.29) is 0 Å². The molecule has 0 aromatic carbocycles. The molecule has 7 atom stereocenters. The Balaban J connectivity index is 1.92. The van der Waals surface area contributed by atoms with Crippen LogP contribution in [-0.4, -0.2) is 13.1 Å². The summed E-state index contributed by atoms with van der Waals surface area (Å²) >= 11 is 0. The van der Waals surface area contributed by atoms with Crippen molar-refractivity contribution in [2.45, 2.75) is 33.2 Å². The van der Waals surface area contributed by atoms with Crippen LogP contribution >= 0.6 is 0 Å². The Hall–Kier alpha value is -0.0400. The van der Waals surface area contributed by atoms with Gasteiger partial charge in [0.2, 0.25) is 0 Å². The van der Waals surface area contributed by atoms with Gasteiger partial charge >= 0.3 is 0 Å². The predicted molar refractivity (Wildman–Crippen MR) is 54.4 cm³/mol. The molecule has 2 bridgehead atoms. The maximum Gasteiger partial charge on any atom is 0.0124 e. The fraction of sp³-hybridized carbons (Fsp3) is 1.00. The normalized spacial score (nSPS) is 68.3. The maximum absolute atomic E-state index is 3.55. The molecule has 0 saturated heterocycles. The number of nitrogens with one attached hydrogen (secondary N) is 1. The van der Waals surface area contributed by atoms with Crippen LogP contribution in [0.3, 0.4) is 0 Å². The molecular formula is C12H21N. The van der Waals surface area contributed by atoms with Crippen LogP contribution in [0.1, 0.15) is 27.2 Å². The first-order valence-electron chi connectivity index (χ1n) is 5.82. The molecule has 74 valence electrons. The predicted octanol–water partition coefficient (Wildman–Crippen LogP) is 2.13. The van der Waals surface area contributed by atoms with E-state index in [9.17, 15) is 0 Å². The maximum atomic E-state index is 3.55. The summed E-state index contributed by atoms with van der Waals surface area (Å²) in [5.74, 6) is 5.00. The summed E-state index contributed by atoms with van der Waals surface area (Å²) in [5.41, 5.74) is 0.817. The number of rotatable bonds is 1. The lowest BCUT2D eigenvalue weighted by Gasteiger charge is -2.54. The number of hydrogen-bond acceptors (Lipinski definition) is 1. The molecule has 0 aromatic heterocycles. The highest BCUT2D eigenvalue weighted by molar-refractivity contribution is 5.28. The van der Waals surface area contributed by atoms with Gasteiger partial charge in [-0.3, -0.25) is 0 Å². The highest BCUT2D eigenvalue weighted by atomic mass is 15.0. The van der Waals surface area contributed by atoms with Gasteiger partial charge in [-0.15, -0.1) is 0 Å². The first-order valence-corrected chi connectivity index (χ1v) is 5.82. The quantitative estimate of drug-likeness (QED) is 0.650. The van der Waals surface area contributed by atoms with Crippen molar-refractivity contribution in [2.24, 2.45) is 35.0 Å². The lowest BCUT2D eigenvalue weighted by molar-refractivity contribution is -0.0304. The molecule has 3 saturated carbocycles. The third-order valence-electron chi connectivity index (χ3n) is 5.95. The van der Waals surface area contributed by atoms with Gasteiger partial charge in [-0.25, -0.2) is 0 Å². The Bertz CT molecular complexity index is 246. The van der Waals surface area contributed by atoms with Crippen molar-refractivity contribution in [1.29, 1.82) is 0 Å². The van der Waals surface area contributed by atoms with E-state index in [0.717, 1.165) is 41.0 Å². The Kier molecular flexibility index (Phi) is 1.36. The Labute approximate surface area is 81.3 Å². The molecule has 6 unspecified atom stereocenters. The summed E-state index contributed by atoms with van der Waals surface area (Å²) in [7, 11) is 2.15. The first-order chi connectivity index (χ1) is 6.14. The van der Waals surface area contributed by atoms with Gasteiger partial charge < -0.3 is 5.32 Å². The van der Waals surface area contributed by atoms with Crippen molar-refractivity contribution in [3.8, 4) is 0 Å². The molecule has 0 amide bonds. The fourth-order valence-electron chi connectivity index (χ4n) is 5.08. The fourth-order valence-corrected chi connectivity index (χ4v) is 5.08. The van der Waals surface area contributed by atoms with Crippen molar-refractivity contribution < 1.29 is 0 Å². The van der Waals surface area contributed by atoms with Gasteiger partial charge in [-0.05, 0) is 48.5 Å². The standard InChI is InChI=1S/C12H21N/c1-6-7(2)12-5-9(11(6)13-4)10(12)8(12)3/h6-11,13H,5H2,1-4H3/t6-,7?,8?,9?,10?,11?,12?/m1/s1. The lowest BCUT2D eigenvalue weighted by atomic mass is 9.54. The molecule has 0 heterocycles. The zero-order valence-electron chi connectivity index (χ0n) is 9.17. The second kappa shape index (κ2) is 2.13. The largest absolute Gasteiger partial charge is 0.316 e. The third kappa shape index (κ3) is 0.643. The zero-order valence-corrected chi connectivity index (χ0v) is 9.17. The highest BCUT2D eigenvalue weighted by Gasteiger charge is 2.79. The molecule has 3 aliphatic rings. The van der Waals surface area contributed by atoms with Gasteiger partial charge in [0.05, 0.1) is 0 Å². The SMILES string of the molecule is CNC1C2CC3(C(C)C23)C(C)[C@H]1C. The molecule has 0 aliphatic heterocycles. The topological polar surface area (TPSA) is 12.0 Å². The van der Waals surface area contributed by atoms with E-state index in [1.165, 1.54) is 6.42 Å². The minimum absolute atomic E-state index is 0.812. The summed E-state index contributed by atoms with van der Waals surface area (Å²) in [4.78, 5) is 0. The monoisotopic (exact) mass is 179 g/mol. The molecule has 1 spiro atoms. The van der Waals surface area contributed by atoms with Crippen LogP contribution in [0.15, 0.2) is 0 Å². The minimum Gasteiger partial charge on any atom is -0.316 e. The van der Waals surface area contributed by atoms with E-state index >= 15 is 0 Å². The third-order valence-corrected chi connectivity index (χ3v) is 5.95. The second-order valence-electron chi connectivity index (χ2n) is 5.76.